The Morgan fingerprint density at radius 1 is 1.50 bits per heavy atom. The zero-order chi connectivity index (χ0) is 9.19. The fraction of sp³-hybridized carbons (Fsp3) is 1.00. The molecule has 0 aromatic heterocycles. The summed E-state index contributed by atoms with van der Waals surface area (Å²) < 4.78 is 21.9. The topological polar surface area (TPSA) is 35.5 Å². The molecular weight excluding hydrogens is 175 g/mol. The Kier molecular flexibility index (Phi) is 3.33. The van der Waals surface area contributed by atoms with Crippen molar-refractivity contribution in [3.63, 3.8) is 0 Å². The number of rotatable bonds is 3. The molecule has 0 aromatic carbocycles. The number of hydrogen-bond acceptors (Lipinski definition) is 3. The Morgan fingerprint density at radius 3 is 2.58 bits per heavy atom. The lowest BCUT2D eigenvalue weighted by molar-refractivity contribution is 0.0275. The monoisotopic (exact) mass is 192 g/mol. The van der Waals surface area contributed by atoms with Gasteiger partial charge in [0.1, 0.15) is 0 Å². The van der Waals surface area contributed by atoms with Crippen LogP contribution in [-0.4, -0.2) is 32.1 Å². The van der Waals surface area contributed by atoms with E-state index in [0.717, 1.165) is 12.8 Å². The van der Waals surface area contributed by atoms with Crippen LogP contribution in [-0.2, 0) is 13.8 Å². The third-order valence-electron chi connectivity index (χ3n) is 1.89. The van der Waals surface area contributed by atoms with Gasteiger partial charge in [0.2, 0.25) is 0 Å². The van der Waals surface area contributed by atoms with Crippen molar-refractivity contribution in [2.24, 2.45) is 0 Å². The summed E-state index contributed by atoms with van der Waals surface area (Å²) in [7, 11) is -2.32. The summed E-state index contributed by atoms with van der Waals surface area (Å²) in [5, 5.41) is 0. The van der Waals surface area contributed by atoms with E-state index in [4.69, 9.17) is 9.26 Å². The molecule has 2 atom stereocenters. The Balaban J connectivity index is 2.21. The Bertz CT molecular complexity index is 187. The van der Waals surface area contributed by atoms with Gasteiger partial charge >= 0.3 is 0 Å². The van der Waals surface area contributed by atoms with Crippen LogP contribution in [0.5, 0.6) is 0 Å². The molecule has 4 heteroatoms. The van der Waals surface area contributed by atoms with Crippen LogP contribution < -0.4 is 0 Å². The van der Waals surface area contributed by atoms with Crippen molar-refractivity contribution in [1.82, 2.24) is 0 Å². The molecule has 12 heavy (non-hydrogen) atoms. The van der Waals surface area contributed by atoms with Crippen LogP contribution in [0.3, 0.4) is 0 Å². The van der Waals surface area contributed by atoms with E-state index in [0.29, 0.717) is 12.7 Å². The zero-order valence-corrected chi connectivity index (χ0v) is 8.84. The van der Waals surface area contributed by atoms with Crippen molar-refractivity contribution in [2.45, 2.75) is 32.0 Å². The molecule has 1 saturated heterocycles. The van der Waals surface area contributed by atoms with Gasteiger partial charge < -0.3 is 9.26 Å². The van der Waals surface area contributed by atoms with Gasteiger partial charge in [-0.3, -0.25) is 4.57 Å². The highest BCUT2D eigenvalue weighted by Crippen LogP contribution is 2.38. The summed E-state index contributed by atoms with van der Waals surface area (Å²) in [5.74, 6) is 0. The molecule has 3 nitrogen and oxygen atoms in total. The van der Waals surface area contributed by atoms with Crippen molar-refractivity contribution in [1.29, 1.82) is 0 Å². The van der Waals surface area contributed by atoms with Gasteiger partial charge in [0.15, 0.2) is 7.37 Å². The van der Waals surface area contributed by atoms with Crippen LogP contribution in [0.4, 0.5) is 0 Å². The van der Waals surface area contributed by atoms with Crippen molar-refractivity contribution in [2.75, 3.05) is 19.9 Å². The molecule has 0 N–H and O–H groups in total. The van der Waals surface area contributed by atoms with Crippen LogP contribution in [0.1, 0.15) is 19.8 Å². The fourth-order valence-electron chi connectivity index (χ4n) is 1.27. The summed E-state index contributed by atoms with van der Waals surface area (Å²) in [6.45, 7) is 5.79. The largest absolute Gasteiger partial charge is 0.373 e. The summed E-state index contributed by atoms with van der Waals surface area (Å²) in [6, 6.07) is 0. The van der Waals surface area contributed by atoms with Crippen LogP contribution in [0.15, 0.2) is 0 Å². The van der Waals surface area contributed by atoms with Gasteiger partial charge in [-0.1, -0.05) is 0 Å². The van der Waals surface area contributed by atoms with Crippen LogP contribution in [0.25, 0.3) is 0 Å². The highest BCUT2D eigenvalue weighted by atomic mass is 31.2. The summed E-state index contributed by atoms with van der Waals surface area (Å²) in [6.07, 6.45) is 2.62. The molecule has 0 spiro atoms. The molecule has 0 aliphatic carbocycles. The molecule has 1 unspecified atom stereocenters. The lowest BCUT2D eigenvalue weighted by Crippen LogP contribution is -2.14. The zero-order valence-electron chi connectivity index (χ0n) is 7.95. The smallest absolute Gasteiger partial charge is 0.197 e. The van der Waals surface area contributed by atoms with Crippen LogP contribution in [0, 0.1) is 0 Å². The highest BCUT2D eigenvalue weighted by Gasteiger charge is 2.23. The molecule has 0 aromatic rings. The minimum absolute atomic E-state index is 0.160. The summed E-state index contributed by atoms with van der Waals surface area (Å²) in [4.78, 5) is 0. The van der Waals surface area contributed by atoms with Gasteiger partial charge in [-0.05, 0) is 19.8 Å². The third kappa shape index (κ3) is 3.70. The minimum atomic E-state index is -2.32. The highest BCUT2D eigenvalue weighted by molar-refractivity contribution is 7.57. The molecule has 0 radical (unpaired) electrons. The minimum Gasteiger partial charge on any atom is -0.373 e. The van der Waals surface area contributed by atoms with Gasteiger partial charge in [-0.2, -0.15) is 0 Å². The molecule has 1 rings (SSSR count). The standard InChI is InChI=1S/C8H17O3P/c1-7-4-5-8(11-7)6-10-12(2,3)9/h7-8H,4-6H2,1-3H3/t7?,8-/m0/s1. The van der Waals surface area contributed by atoms with E-state index in [1.807, 2.05) is 0 Å². The van der Waals surface area contributed by atoms with E-state index in [2.05, 4.69) is 6.92 Å². The van der Waals surface area contributed by atoms with E-state index in [1.54, 1.807) is 13.3 Å². The second kappa shape index (κ2) is 3.91. The van der Waals surface area contributed by atoms with Crippen LogP contribution >= 0.6 is 7.37 Å². The molecule has 0 amide bonds. The lowest BCUT2D eigenvalue weighted by Gasteiger charge is -2.13. The first-order chi connectivity index (χ1) is 5.47. The molecule has 1 heterocycles. The lowest BCUT2D eigenvalue weighted by atomic mass is 10.2. The number of ether oxygens (including phenoxy) is 1. The van der Waals surface area contributed by atoms with Gasteiger partial charge in [-0.25, -0.2) is 0 Å². The molecule has 72 valence electrons. The van der Waals surface area contributed by atoms with E-state index in [-0.39, 0.29) is 6.10 Å². The molecule has 1 aliphatic heterocycles. The average Bonchev–Trinajstić information content (AvgIpc) is 2.30. The summed E-state index contributed by atoms with van der Waals surface area (Å²) >= 11 is 0. The Morgan fingerprint density at radius 2 is 2.17 bits per heavy atom. The molecule has 0 saturated carbocycles. The van der Waals surface area contributed by atoms with Gasteiger partial charge in [0.25, 0.3) is 0 Å². The Hall–Kier alpha value is 0.150. The molecule has 1 aliphatic rings. The second-order valence-electron chi connectivity index (χ2n) is 3.69. The third-order valence-corrected chi connectivity index (χ3v) is 2.66. The summed E-state index contributed by atoms with van der Waals surface area (Å²) in [5.41, 5.74) is 0. The Labute approximate surface area is 73.9 Å². The van der Waals surface area contributed by atoms with E-state index in [9.17, 15) is 4.57 Å². The fourth-order valence-corrected chi connectivity index (χ4v) is 1.80. The van der Waals surface area contributed by atoms with Gasteiger partial charge in [-0.15, -0.1) is 0 Å². The number of hydrogen-bond donors (Lipinski definition) is 0. The normalized spacial score (nSPS) is 30.9. The van der Waals surface area contributed by atoms with Crippen molar-refractivity contribution >= 4 is 7.37 Å². The van der Waals surface area contributed by atoms with Gasteiger partial charge in [0.05, 0.1) is 18.8 Å². The first-order valence-electron chi connectivity index (χ1n) is 4.32. The second-order valence-corrected chi connectivity index (χ2v) is 6.46. The molecular formula is C8H17O3P. The average molecular weight is 192 g/mol. The predicted molar refractivity (Wildman–Crippen MR) is 49.0 cm³/mol. The van der Waals surface area contributed by atoms with Crippen molar-refractivity contribution in [3.8, 4) is 0 Å². The molecule has 1 fully saturated rings. The van der Waals surface area contributed by atoms with E-state index < -0.39 is 7.37 Å². The van der Waals surface area contributed by atoms with Gasteiger partial charge in [0, 0.05) is 13.3 Å². The molecule has 0 bridgehead atoms. The maximum Gasteiger partial charge on any atom is 0.197 e. The quantitative estimate of drug-likeness (QED) is 0.642. The predicted octanol–water partition coefficient (Wildman–Crippen LogP) is 2.11. The first kappa shape index (κ1) is 10.2. The van der Waals surface area contributed by atoms with Crippen LogP contribution in [0.2, 0.25) is 0 Å². The SMILES string of the molecule is CC1CC[C@@H](COP(C)(C)=O)O1. The van der Waals surface area contributed by atoms with E-state index in [1.165, 1.54) is 0 Å². The van der Waals surface area contributed by atoms with Crippen molar-refractivity contribution in [3.05, 3.63) is 0 Å². The maximum absolute atomic E-state index is 11.2. The first-order valence-corrected chi connectivity index (χ1v) is 6.84. The maximum atomic E-state index is 11.2. The van der Waals surface area contributed by atoms with Crippen molar-refractivity contribution < 1.29 is 13.8 Å². The van der Waals surface area contributed by atoms with E-state index >= 15 is 0 Å².